The molecule has 29 heavy (non-hydrogen) atoms. The molecule has 1 aliphatic carbocycles. The third-order valence-electron chi connectivity index (χ3n) is 5.79. The van der Waals surface area contributed by atoms with Crippen LogP contribution in [0.15, 0.2) is 24.4 Å². The topological polar surface area (TPSA) is 72.3 Å². The molecule has 0 saturated carbocycles. The van der Waals surface area contributed by atoms with Gasteiger partial charge in [-0.1, -0.05) is 12.5 Å². The van der Waals surface area contributed by atoms with Crippen molar-refractivity contribution in [3.05, 3.63) is 40.4 Å². The Morgan fingerprint density at radius 1 is 1.17 bits per heavy atom. The second kappa shape index (κ2) is 9.38. The molecule has 7 heteroatoms. The lowest BCUT2D eigenvalue weighted by Gasteiger charge is -2.35. The third-order valence-corrected chi connectivity index (χ3v) is 6.99. The average Bonchev–Trinajstić information content (AvgIpc) is 2.92. The highest BCUT2D eigenvalue weighted by molar-refractivity contribution is 7.16. The summed E-state index contributed by atoms with van der Waals surface area (Å²) in [5.74, 6) is 1.02. The number of pyridine rings is 1. The summed E-state index contributed by atoms with van der Waals surface area (Å²) in [7, 11) is 0. The Balaban J connectivity index is 1.27. The van der Waals surface area contributed by atoms with Gasteiger partial charge in [0.25, 0.3) is 0 Å². The van der Waals surface area contributed by atoms with E-state index in [-0.39, 0.29) is 5.91 Å². The number of carbonyl (C=O) groups is 1. The quantitative estimate of drug-likeness (QED) is 0.766. The zero-order valence-electron chi connectivity index (χ0n) is 16.7. The van der Waals surface area contributed by atoms with Gasteiger partial charge in [0.05, 0.1) is 5.56 Å². The number of rotatable bonds is 5. The lowest BCUT2D eigenvalue weighted by atomic mass is 10.1. The number of hydrogen-bond donors (Lipinski definition) is 1. The fraction of sp³-hybridized carbons (Fsp3) is 0.500. The normalized spacial score (nSPS) is 17.3. The minimum Gasteiger partial charge on any atom is -0.354 e. The van der Waals surface area contributed by atoms with Gasteiger partial charge < -0.3 is 10.2 Å². The van der Waals surface area contributed by atoms with Gasteiger partial charge in [0.15, 0.2) is 0 Å². The van der Waals surface area contributed by atoms with Crippen LogP contribution in [-0.4, -0.2) is 48.5 Å². The molecule has 0 radical (unpaired) electrons. The van der Waals surface area contributed by atoms with Gasteiger partial charge in [-0.15, -0.1) is 11.3 Å². The summed E-state index contributed by atoms with van der Waals surface area (Å²) < 4.78 is 0. The van der Waals surface area contributed by atoms with Crippen LogP contribution in [0, 0.1) is 11.3 Å². The number of piperazine rings is 1. The predicted molar refractivity (Wildman–Crippen MR) is 116 cm³/mol. The molecule has 0 spiro atoms. The molecule has 1 fully saturated rings. The average molecular weight is 410 g/mol. The standard InChI is InChI=1S/C22H27N5OS/c23-16-18-17-6-2-1-3-7-19(17)29-22(18)25-21(28)9-11-26-12-14-27(15-13-26)20-8-4-5-10-24-20/h4-5,8,10H,1-3,6-7,9,11-15H2,(H,25,28). The summed E-state index contributed by atoms with van der Waals surface area (Å²) in [6.45, 7) is 4.46. The van der Waals surface area contributed by atoms with E-state index < -0.39 is 0 Å². The van der Waals surface area contributed by atoms with E-state index in [4.69, 9.17) is 0 Å². The monoisotopic (exact) mass is 409 g/mol. The molecule has 6 nitrogen and oxygen atoms in total. The van der Waals surface area contributed by atoms with Crippen LogP contribution in [0.25, 0.3) is 0 Å². The van der Waals surface area contributed by atoms with Crippen LogP contribution in [0.4, 0.5) is 10.8 Å². The second-order valence-corrected chi connectivity index (χ2v) is 8.80. The van der Waals surface area contributed by atoms with Crippen LogP contribution in [-0.2, 0) is 17.6 Å². The number of anilines is 2. The van der Waals surface area contributed by atoms with Crippen molar-refractivity contribution in [1.29, 1.82) is 5.26 Å². The molecular formula is C22H27N5OS. The van der Waals surface area contributed by atoms with E-state index >= 15 is 0 Å². The Morgan fingerprint density at radius 2 is 2.00 bits per heavy atom. The first-order valence-electron chi connectivity index (χ1n) is 10.5. The molecule has 0 aromatic carbocycles. The first-order chi connectivity index (χ1) is 14.2. The number of nitrogens with one attached hydrogen (secondary N) is 1. The minimum absolute atomic E-state index is 0.00469. The Hall–Kier alpha value is -2.43. The first kappa shape index (κ1) is 19.9. The lowest BCUT2D eigenvalue weighted by Crippen LogP contribution is -2.47. The zero-order valence-corrected chi connectivity index (χ0v) is 17.5. The number of nitrogens with zero attached hydrogens (tertiary/aromatic N) is 4. The van der Waals surface area contributed by atoms with Gasteiger partial charge in [0.2, 0.25) is 5.91 Å². The summed E-state index contributed by atoms with van der Waals surface area (Å²) >= 11 is 1.61. The fourth-order valence-electron chi connectivity index (χ4n) is 4.14. The highest BCUT2D eigenvalue weighted by atomic mass is 32.1. The van der Waals surface area contributed by atoms with Crippen molar-refractivity contribution in [2.45, 2.75) is 38.5 Å². The first-order valence-corrected chi connectivity index (χ1v) is 11.3. The molecule has 2 aromatic heterocycles. The van der Waals surface area contributed by atoms with Gasteiger partial charge in [-0.2, -0.15) is 5.26 Å². The lowest BCUT2D eigenvalue weighted by molar-refractivity contribution is -0.116. The van der Waals surface area contributed by atoms with Crippen LogP contribution < -0.4 is 10.2 Å². The highest BCUT2D eigenvalue weighted by Crippen LogP contribution is 2.37. The van der Waals surface area contributed by atoms with E-state index in [2.05, 4.69) is 26.2 Å². The molecule has 0 atom stereocenters. The van der Waals surface area contributed by atoms with Gasteiger partial charge in [0.1, 0.15) is 16.9 Å². The summed E-state index contributed by atoms with van der Waals surface area (Å²) in [4.78, 5) is 22.9. The van der Waals surface area contributed by atoms with E-state index in [0.717, 1.165) is 62.8 Å². The number of aromatic nitrogens is 1. The number of hydrogen-bond acceptors (Lipinski definition) is 6. The van der Waals surface area contributed by atoms with Crippen molar-refractivity contribution in [3.8, 4) is 6.07 Å². The molecule has 0 unspecified atom stereocenters. The van der Waals surface area contributed by atoms with Gasteiger partial charge in [-0.25, -0.2) is 4.98 Å². The van der Waals surface area contributed by atoms with Crippen LogP contribution in [0.2, 0.25) is 0 Å². The Kier molecular flexibility index (Phi) is 6.43. The molecular weight excluding hydrogens is 382 g/mol. The third kappa shape index (κ3) is 4.77. The summed E-state index contributed by atoms with van der Waals surface area (Å²) in [5.41, 5.74) is 1.88. The van der Waals surface area contributed by atoms with E-state index in [1.54, 1.807) is 11.3 Å². The SMILES string of the molecule is N#Cc1c(NC(=O)CCN2CCN(c3ccccn3)CC2)sc2c1CCCCC2. The van der Waals surface area contributed by atoms with Crippen LogP contribution in [0.1, 0.15) is 41.7 Å². The van der Waals surface area contributed by atoms with Gasteiger partial charge >= 0.3 is 0 Å². The largest absolute Gasteiger partial charge is 0.354 e. The Morgan fingerprint density at radius 3 is 2.76 bits per heavy atom. The molecule has 3 heterocycles. The van der Waals surface area contributed by atoms with Crippen molar-refractivity contribution in [2.24, 2.45) is 0 Å². The van der Waals surface area contributed by atoms with Crippen molar-refractivity contribution < 1.29 is 4.79 Å². The summed E-state index contributed by atoms with van der Waals surface area (Å²) in [6, 6.07) is 8.32. The number of carbonyl (C=O) groups excluding carboxylic acids is 1. The minimum atomic E-state index is 0.00469. The van der Waals surface area contributed by atoms with Gasteiger partial charge in [0, 0.05) is 50.2 Å². The van der Waals surface area contributed by atoms with E-state index in [1.165, 1.54) is 23.3 Å². The van der Waals surface area contributed by atoms with Crippen LogP contribution in [0.3, 0.4) is 0 Å². The zero-order chi connectivity index (χ0) is 20.1. The molecule has 2 aliphatic rings. The predicted octanol–water partition coefficient (Wildman–Crippen LogP) is 3.43. The van der Waals surface area contributed by atoms with Crippen molar-refractivity contribution in [2.75, 3.05) is 42.9 Å². The fourth-order valence-corrected chi connectivity index (χ4v) is 5.40. The number of aryl methyl sites for hydroxylation is 1. The summed E-state index contributed by atoms with van der Waals surface area (Å²) in [5, 5.41) is 13.4. The number of nitriles is 1. The van der Waals surface area contributed by atoms with Crippen molar-refractivity contribution in [3.63, 3.8) is 0 Å². The second-order valence-electron chi connectivity index (χ2n) is 7.70. The number of fused-ring (bicyclic) bond motifs is 1. The maximum absolute atomic E-state index is 12.5. The maximum atomic E-state index is 12.5. The van der Waals surface area contributed by atoms with Crippen molar-refractivity contribution in [1.82, 2.24) is 9.88 Å². The highest BCUT2D eigenvalue weighted by Gasteiger charge is 2.22. The van der Waals surface area contributed by atoms with Crippen LogP contribution >= 0.6 is 11.3 Å². The molecule has 1 N–H and O–H groups in total. The smallest absolute Gasteiger partial charge is 0.226 e. The number of thiophene rings is 1. The van der Waals surface area contributed by atoms with E-state index in [0.29, 0.717) is 12.0 Å². The van der Waals surface area contributed by atoms with Crippen LogP contribution in [0.5, 0.6) is 0 Å². The van der Waals surface area contributed by atoms with E-state index in [9.17, 15) is 10.1 Å². The molecule has 1 aliphatic heterocycles. The van der Waals surface area contributed by atoms with Gasteiger partial charge in [-0.3, -0.25) is 9.69 Å². The van der Waals surface area contributed by atoms with E-state index in [1.807, 2.05) is 24.4 Å². The summed E-state index contributed by atoms with van der Waals surface area (Å²) in [6.07, 6.45) is 7.81. The molecule has 2 aromatic rings. The van der Waals surface area contributed by atoms with Crippen molar-refractivity contribution >= 4 is 28.1 Å². The molecule has 1 amide bonds. The molecule has 4 rings (SSSR count). The maximum Gasteiger partial charge on any atom is 0.226 e. The van der Waals surface area contributed by atoms with Gasteiger partial charge in [-0.05, 0) is 43.4 Å². The molecule has 152 valence electrons. The number of amides is 1. The molecule has 1 saturated heterocycles. The molecule has 0 bridgehead atoms. The Bertz CT molecular complexity index is 881. The Labute approximate surface area is 176 Å².